The van der Waals surface area contributed by atoms with Gasteiger partial charge < -0.3 is 0 Å². The smallest absolute Gasteiger partial charge is 0.179 e. The SMILES string of the molecule is CC(=O)C(=Cc1ccc(Cl)cc1Cl)S(C)(=O)=O. The lowest BCUT2D eigenvalue weighted by Crippen LogP contribution is -2.08. The van der Waals surface area contributed by atoms with Crippen LogP contribution in [0.15, 0.2) is 23.1 Å². The molecule has 1 aromatic carbocycles. The van der Waals surface area contributed by atoms with Crippen molar-refractivity contribution in [3.63, 3.8) is 0 Å². The van der Waals surface area contributed by atoms with Crippen molar-refractivity contribution in [1.82, 2.24) is 0 Å². The van der Waals surface area contributed by atoms with Crippen molar-refractivity contribution >= 4 is 44.9 Å². The van der Waals surface area contributed by atoms with Gasteiger partial charge in [0, 0.05) is 16.3 Å². The second-order valence-corrected chi connectivity index (χ2v) is 6.33. The van der Waals surface area contributed by atoms with Crippen molar-refractivity contribution in [2.45, 2.75) is 6.92 Å². The Morgan fingerprint density at radius 3 is 2.29 bits per heavy atom. The largest absolute Gasteiger partial charge is 0.294 e. The van der Waals surface area contributed by atoms with Gasteiger partial charge in [-0.25, -0.2) is 8.42 Å². The number of benzene rings is 1. The number of allylic oxidation sites excluding steroid dienone is 1. The van der Waals surface area contributed by atoms with E-state index in [-0.39, 0.29) is 4.91 Å². The monoisotopic (exact) mass is 292 g/mol. The zero-order valence-electron chi connectivity index (χ0n) is 9.20. The van der Waals surface area contributed by atoms with E-state index in [0.29, 0.717) is 15.6 Å². The quantitative estimate of drug-likeness (QED) is 0.805. The summed E-state index contributed by atoms with van der Waals surface area (Å²) in [5.74, 6) is -0.529. The fourth-order valence-electron chi connectivity index (χ4n) is 1.23. The summed E-state index contributed by atoms with van der Waals surface area (Å²) in [5.41, 5.74) is 0.437. The first-order valence-corrected chi connectivity index (χ1v) is 7.24. The molecule has 92 valence electrons. The third-order valence-electron chi connectivity index (χ3n) is 2.00. The number of ketones is 1. The molecule has 0 atom stereocenters. The molecule has 3 nitrogen and oxygen atoms in total. The van der Waals surface area contributed by atoms with Gasteiger partial charge in [0.05, 0.1) is 0 Å². The molecule has 0 saturated heterocycles. The predicted octanol–water partition coefficient (Wildman–Crippen LogP) is 2.97. The second-order valence-electron chi connectivity index (χ2n) is 3.50. The Bertz CT molecular complexity index is 589. The normalized spacial score (nSPS) is 12.6. The van der Waals surface area contributed by atoms with Crippen molar-refractivity contribution in [2.24, 2.45) is 0 Å². The molecule has 0 heterocycles. The van der Waals surface area contributed by atoms with Gasteiger partial charge in [0.15, 0.2) is 15.6 Å². The lowest BCUT2D eigenvalue weighted by Gasteiger charge is -2.03. The maximum absolute atomic E-state index is 11.4. The van der Waals surface area contributed by atoms with Crippen LogP contribution in [0.25, 0.3) is 6.08 Å². The molecule has 0 radical (unpaired) electrons. The van der Waals surface area contributed by atoms with Crippen molar-refractivity contribution in [3.8, 4) is 0 Å². The zero-order valence-corrected chi connectivity index (χ0v) is 11.5. The van der Waals surface area contributed by atoms with E-state index in [2.05, 4.69) is 0 Å². The third kappa shape index (κ3) is 3.84. The molecule has 0 aliphatic heterocycles. The second kappa shape index (κ2) is 5.21. The molecule has 0 bridgehead atoms. The van der Waals surface area contributed by atoms with Gasteiger partial charge in [0.25, 0.3) is 0 Å². The highest BCUT2D eigenvalue weighted by Gasteiger charge is 2.16. The third-order valence-corrected chi connectivity index (χ3v) is 3.76. The first-order chi connectivity index (χ1) is 7.71. The van der Waals surface area contributed by atoms with Crippen molar-refractivity contribution in [3.05, 3.63) is 38.7 Å². The molecule has 0 spiro atoms. The molecular weight excluding hydrogens is 283 g/mol. The van der Waals surface area contributed by atoms with Crippen LogP contribution in [-0.4, -0.2) is 20.5 Å². The Morgan fingerprint density at radius 2 is 1.88 bits per heavy atom. The number of sulfone groups is 1. The van der Waals surface area contributed by atoms with Gasteiger partial charge in [-0.15, -0.1) is 0 Å². The van der Waals surface area contributed by atoms with E-state index in [4.69, 9.17) is 23.2 Å². The van der Waals surface area contributed by atoms with Gasteiger partial charge in [-0.2, -0.15) is 0 Å². The minimum atomic E-state index is -3.57. The Kier molecular flexibility index (Phi) is 4.36. The number of hydrogen-bond donors (Lipinski definition) is 0. The summed E-state index contributed by atoms with van der Waals surface area (Å²) >= 11 is 11.6. The average Bonchev–Trinajstić information content (AvgIpc) is 2.13. The van der Waals surface area contributed by atoms with Crippen LogP contribution in [-0.2, 0) is 14.6 Å². The van der Waals surface area contributed by atoms with E-state index in [1.807, 2.05) is 0 Å². The van der Waals surface area contributed by atoms with E-state index in [9.17, 15) is 13.2 Å². The number of carbonyl (C=O) groups is 1. The summed E-state index contributed by atoms with van der Waals surface area (Å²) in [6.45, 7) is 1.19. The molecule has 1 rings (SSSR count). The highest BCUT2D eigenvalue weighted by molar-refractivity contribution is 7.95. The van der Waals surface area contributed by atoms with Crippen LogP contribution in [0.5, 0.6) is 0 Å². The fourth-order valence-corrected chi connectivity index (χ4v) is 2.56. The van der Waals surface area contributed by atoms with E-state index in [1.54, 1.807) is 12.1 Å². The van der Waals surface area contributed by atoms with Crippen LogP contribution in [0, 0.1) is 0 Å². The molecule has 1 aromatic rings. The molecule has 0 fully saturated rings. The van der Waals surface area contributed by atoms with E-state index >= 15 is 0 Å². The summed E-state index contributed by atoms with van der Waals surface area (Å²) in [7, 11) is -3.57. The number of Topliss-reactive ketones (excluding diaryl/α,β-unsaturated/α-hetero) is 1. The molecule has 17 heavy (non-hydrogen) atoms. The Balaban J connectivity index is 3.38. The van der Waals surface area contributed by atoms with Crippen LogP contribution in [0.2, 0.25) is 10.0 Å². The molecule has 0 saturated carbocycles. The Hall–Kier alpha value is -0.840. The molecule has 0 amide bonds. The van der Waals surface area contributed by atoms with Gasteiger partial charge in [0.2, 0.25) is 0 Å². The van der Waals surface area contributed by atoms with E-state index < -0.39 is 15.6 Å². The Labute approximate surface area is 110 Å². The van der Waals surface area contributed by atoms with Crippen molar-refractivity contribution < 1.29 is 13.2 Å². The molecule has 0 aromatic heterocycles. The summed E-state index contributed by atoms with van der Waals surface area (Å²) < 4.78 is 22.8. The minimum Gasteiger partial charge on any atom is -0.294 e. The van der Waals surface area contributed by atoms with Crippen LogP contribution >= 0.6 is 23.2 Å². The highest BCUT2D eigenvalue weighted by Crippen LogP contribution is 2.24. The number of hydrogen-bond acceptors (Lipinski definition) is 3. The van der Waals surface area contributed by atoms with Gasteiger partial charge >= 0.3 is 0 Å². The topological polar surface area (TPSA) is 51.2 Å². The van der Waals surface area contributed by atoms with Crippen LogP contribution in [0.4, 0.5) is 0 Å². The minimum absolute atomic E-state index is 0.276. The van der Waals surface area contributed by atoms with E-state index in [0.717, 1.165) is 6.26 Å². The van der Waals surface area contributed by atoms with Gasteiger partial charge in [-0.1, -0.05) is 29.3 Å². The fraction of sp³-hybridized carbons (Fsp3) is 0.182. The molecular formula is C11H10Cl2O3S. The zero-order chi connectivity index (χ0) is 13.2. The summed E-state index contributed by atoms with van der Waals surface area (Å²) in [5, 5.41) is 0.732. The van der Waals surface area contributed by atoms with Gasteiger partial charge in [-0.05, 0) is 30.7 Å². The predicted molar refractivity (Wildman–Crippen MR) is 70.0 cm³/mol. The standard InChI is InChI=1S/C11H10Cl2O3S/c1-7(14)11(17(2,15)16)5-8-3-4-9(12)6-10(8)13/h3-6H,1-2H3. The summed E-state index contributed by atoms with van der Waals surface area (Å²) in [6, 6.07) is 4.60. The first-order valence-electron chi connectivity index (χ1n) is 4.59. The van der Waals surface area contributed by atoms with Crippen molar-refractivity contribution in [2.75, 3.05) is 6.26 Å². The van der Waals surface area contributed by atoms with E-state index in [1.165, 1.54) is 19.1 Å². The summed E-state index contributed by atoms with van der Waals surface area (Å²) in [4.78, 5) is 11.0. The summed E-state index contributed by atoms with van der Waals surface area (Å²) in [6.07, 6.45) is 2.22. The molecule has 0 unspecified atom stereocenters. The number of carbonyl (C=O) groups excluding carboxylic acids is 1. The van der Waals surface area contributed by atoms with Crippen LogP contribution < -0.4 is 0 Å². The molecule has 0 aliphatic carbocycles. The van der Waals surface area contributed by atoms with Crippen molar-refractivity contribution in [1.29, 1.82) is 0 Å². The molecule has 0 aliphatic rings. The number of halogens is 2. The highest BCUT2D eigenvalue weighted by atomic mass is 35.5. The van der Waals surface area contributed by atoms with Gasteiger partial charge in [0.1, 0.15) is 4.91 Å². The Morgan fingerprint density at radius 1 is 1.29 bits per heavy atom. The lowest BCUT2D eigenvalue weighted by atomic mass is 10.2. The maximum atomic E-state index is 11.4. The number of rotatable bonds is 3. The molecule has 0 N–H and O–H groups in total. The van der Waals surface area contributed by atoms with Crippen LogP contribution in [0.1, 0.15) is 12.5 Å². The average molecular weight is 293 g/mol. The first kappa shape index (κ1) is 14.2. The lowest BCUT2D eigenvalue weighted by molar-refractivity contribution is -0.112. The van der Waals surface area contributed by atoms with Gasteiger partial charge in [-0.3, -0.25) is 4.79 Å². The maximum Gasteiger partial charge on any atom is 0.179 e. The molecule has 6 heteroatoms. The van der Waals surface area contributed by atoms with Crippen LogP contribution in [0.3, 0.4) is 0 Å².